The van der Waals surface area contributed by atoms with Gasteiger partial charge >= 0.3 is 0 Å². The second-order valence-corrected chi connectivity index (χ2v) is 8.98. The maximum absolute atomic E-state index is 13.4. The van der Waals surface area contributed by atoms with Gasteiger partial charge in [-0.05, 0) is 43.4 Å². The van der Waals surface area contributed by atoms with Crippen molar-refractivity contribution in [3.8, 4) is 10.6 Å². The lowest BCUT2D eigenvalue weighted by molar-refractivity contribution is -0.115. The van der Waals surface area contributed by atoms with Crippen LogP contribution >= 0.6 is 22.7 Å². The molecule has 1 aromatic carbocycles. The zero-order valence-electron chi connectivity index (χ0n) is 15.7. The number of thiazole rings is 1. The van der Waals surface area contributed by atoms with Gasteiger partial charge in [-0.25, -0.2) is 9.37 Å². The smallest absolute Gasteiger partial charge is 0.251 e. The fraction of sp³-hybridized carbons (Fsp3) is 0.286. The van der Waals surface area contributed by atoms with Crippen LogP contribution in [-0.2, 0) is 24.1 Å². The normalized spacial score (nSPS) is 13.6. The van der Waals surface area contributed by atoms with Gasteiger partial charge in [0.2, 0.25) is 5.91 Å². The van der Waals surface area contributed by atoms with Gasteiger partial charge in [0.05, 0.1) is 17.7 Å². The molecule has 0 saturated heterocycles. The van der Waals surface area contributed by atoms with Crippen LogP contribution in [-0.4, -0.2) is 16.8 Å². The molecule has 5 nitrogen and oxygen atoms in total. The van der Waals surface area contributed by atoms with Crippen LogP contribution in [0, 0.1) is 5.82 Å². The molecule has 3 aromatic rings. The summed E-state index contributed by atoms with van der Waals surface area (Å²) >= 11 is 2.82. The number of fused-ring (bicyclic) bond motifs is 1. The minimum atomic E-state index is -0.498. The predicted molar refractivity (Wildman–Crippen MR) is 114 cm³/mol. The minimum absolute atomic E-state index is 0.0760. The van der Waals surface area contributed by atoms with Crippen LogP contribution in [0.2, 0.25) is 0 Å². The number of primary amides is 1. The number of anilines is 1. The summed E-state index contributed by atoms with van der Waals surface area (Å²) in [5, 5.41) is 5.85. The Morgan fingerprint density at radius 1 is 1.21 bits per heavy atom. The van der Waals surface area contributed by atoms with Gasteiger partial charge in [0.25, 0.3) is 5.91 Å². The lowest BCUT2D eigenvalue weighted by Crippen LogP contribution is -2.19. The summed E-state index contributed by atoms with van der Waals surface area (Å²) in [6.07, 6.45) is 5.06. The zero-order chi connectivity index (χ0) is 20.4. The number of halogens is 1. The predicted octanol–water partition coefficient (Wildman–Crippen LogP) is 4.56. The average molecular weight is 430 g/mol. The lowest BCUT2D eigenvalue weighted by Gasteiger charge is -2.05. The number of thiophene rings is 1. The first-order valence-electron chi connectivity index (χ1n) is 9.46. The monoisotopic (exact) mass is 429 g/mol. The van der Waals surface area contributed by atoms with Crippen molar-refractivity contribution in [3.63, 3.8) is 0 Å². The first-order chi connectivity index (χ1) is 14.0. The number of nitrogens with one attached hydrogen (secondary N) is 1. The Labute approximate surface area is 175 Å². The van der Waals surface area contributed by atoms with E-state index in [-0.39, 0.29) is 18.1 Å². The molecule has 1 aliphatic rings. The molecule has 0 radical (unpaired) electrons. The van der Waals surface area contributed by atoms with E-state index in [1.165, 1.54) is 34.8 Å². The molecule has 29 heavy (non-hydrogen) atoms. The van der Waals surface area contributed by atoms with Crippen molar-refractivity contribution in [2.75, 3.05) is 5.32 Å². The quantitative estimate of drug-likeness (QED) is 0.583. The minimum Gasteiger partial charge on any atom is -0.365 e. The lowest BCUT2D eigenvalue weighted by atomic mass is 10.1. The number of nitrogens with two attached hydrogens (primary N) is 1. The van der Waals surface area contributed by atoms with Crippen molar-refractivity contribution in [1.29, 1.82) is 0 Å². The Kier molecular flexibility index (Phi) is 5.73. The van der Waals surface area contributed by atoms with E-state index in [9.17, 15) is 14.0 Å². The number of hydrogen-bond donors (Lipinski definition) is 2. The number of amides is 2. The molecule has 2 amide bonds. The third-order valence-electron chi connectivity index (χ3n) is 4.89. The van der Waals surface area contributed by atoms with Crippen LogP contribution in [0.15, 0.2) is 29.6 Å². The van der Waals surface area contributed by atoms with Crippen LogP contribution in [0.4, 0.5) is 9.39 Å². The third kappa shape index (κ3) is 4.38. The van der Waals surface area contributed by atoms with Crippen LogP contribution < -0.4 is 11.1 Å². The third-order valence-corrected chi connectivity index (χ3v) is 7.03. The molecule has 150 valence electrons. The van der Waals surface area contributed by atoms with E-state index in [1.54, 1.807) is 17.5 Å². The standard InChI is InChI=1S/C21H20FN3O2S2/c22-13-6-4-5-12(9-13)20-24-14(11-28-20)10-17(26)25-21-18(19(23)27)15-7-2-1-3-8-16(15)29-21/h4-6,9,11H,1-3,7-8,10H2,(H2,23,27)(H,25,26). The van der Waals surface area contributed by atoms with E-state index in [1.807, 2.05) is 0 Å². The molecular formula is C21H20FN3O2S2. The van der Waals surface area contributed by atoms with Crippen molar-refractivity contribution in [2.24, 2.45) is 5.73 Å². The van der Waals surface area contributed by atoms with E-state index in [4.69, 9.17) is 5.73 Å². The molecule has 0 saturated carbocycles. The summed E-state index contributed by atoms with van der Waals surface area (Å²) in [5.41, 5.74) is 8.35. The van der Waals surface area contributed by atoms with Gasteiger partial charge in [0.15, 0.2) is 0 Å². The van der Waals surface area contributed by atoms with E-state index < -0.39 is 5.91 Å². The molecule has 0 unspecified atom stereocenters. The van der Waals surface area contributed by atoms with Crippen LogP contribution in [0.1, 0.15) is 45.8 Å². The first kappa shape index (κ1) is 19.7. The van der Waals surface area contributed by atoms with Crippen molar-refractivity contribution in [1.82, 2.24) is 4.98 Å². The highest BCUT2D eigenvalue weighted by atomic mass is 32.1. The molecule has 2 heterocycles. The Morgan fingerprint density at radius 2 is 2.03 bits per heavy atom. The Balaban J connectivity index is 1.50. The molecular weight excluding hydrogens is 409 g/mol. The van der Waals surface area contributed by atoms with Crippen LogP contribution in [0.25, 0.3) is 10.6 Å². The highest BCUT2D eigenvalue weighted by Gasteiger charge is 2.24. The average Bonchev–Trinajstić information content (AvgIpc) is 3.19. The molecule has 8 heteroatoms. The fourth-order valence-corrected chi connectivity index (χ4v) is 5.70. The summed E-state index contributed by atoms with van der Waals surface area (Å²) in [7, 11) is 0. The fourth-order valence-electron chi connectivity index (χ4n) is 3.57. The Hall–Kier alpha value is -2.58. The Bertz CT molecular complexity index is 1070. The number of rotatable bonds is 5. The number of hydrogen-bond acceptors (Lipinski definition) is 5. The van der Waals surface area contributed by atoms with Gasteiger partial charge < -0.3 is 11.1 Å². The van der Waals surface area contributed by atoms with Gasteiger partial charge in [-0.2, -0.15) is 0 Å². The largest absolute Gasteiger partial charge is 0.365 e. The van der Waals surface area contributed by atoms with Gasteiger partial charge in [-0.3, -0.25) is 9.59 Å². The van der Waals surface area contributed by atoms with Crippen molar-refractivity contribution in [3.05, 3.63) is 57.2 Å². The maximum atomic E-state index is 13.4. The van der Waals surface area contributed by atoms with Crippen LogP contribution in [0.3, 0.4) is 0 Å². The molecule has 0 bridgehead atoms. The Morgan fingerprint density at radius 3 is 2.83 bits per heavy atom. The number of benzene rings is 1. The summed E-state index contributed by atoms with van der Waals surface area (Å²) in [4.78, 5) is 30.2. The number of nitrogens with zero attached hydrogens (tertiary/aromatic N) is 1. The molecule has 0 aliphatic heterocycles. The summed E-state index contributed by atoms with van der Waals surface area (Å²) < 4.78 is 13.4. The van der Waals surface area contributed by atoms with E-state index in [0.717, 1.165) is 42.5 Å². The van der Waals surface area contributed by atoms with Gasteiger partial charge in [-0.15, -0.1) is 22.7 Å². The number of aromatic nitrogens is 1. The number of carbonyl (C=O) groups is 2. The number of carbonyl (C=O) groups excluding carboxylic acids is 2. The summed E-state index contributed by atoms with van der Waals surface area (Å²) in [6, 6.07) is 6.21. The summed E-state index contributed by atoms with van der Waals surface area (Å²) in [6.45, 7) is 0. The highest BCUT2D eigenvalue weighted by Crippen LogP contribution is 2.37. The highest BCUT2D eigenvalue weighted by molar-refractivity contribution is 7.17. The van der Waals surface area contributed by atoms with Crippen molar-refractivity contribution in [2.45, 2.75) is 38.5 Å². The SMILES string of the molecule is NC(=O)c1c(NC(=O)Cc2csc(-c3cccc(F)c3)n2)sc2c1CCCCC2. The van der Waals surface area contributed by atoms with Gasteiger partial charge in [0, 0.05) is 15.8 Å². The molecule has 0 spiro atoms. The molecule has 1 aliphatic carbocycles. The van der Waals surface area contributed by atoms with E-state index in [2.05, 4.69) is 10.3 Å². The second-order valence-electron chi connectivity index (χ2n) is 7.01. The van der Waals surface area contributed by atoms with Gasteiger partial charge in [-0.1, -0.05) is 18.6 Å². The number of aryl methyl sites for hydroxylation is 1. The molecule has 2 aromatic heterocycles. The van der Waals surface area contributed by atoms with E-state index in [0.29, 0.717) is 26.8 Å². The topological polar surface area (TPSA) is 85.1 Å². The van der Waals surface area contributed by atoms with Crippen LogP contribution in [0.5, 0.6) is 0 Å². The van der Waals surface area contributed by atoms with Gasteiger partial charge in [0.1, 0.15) is 15.8 Å². The van der Waals surface area contributed by atoms with Crippen molar-refractivity contribution >= 4 is 39.5 Å². The van der Waals surface area contributed by atoms with E-state index >= 15 is 0 Å². The zero-order valence-corrected chi connectivity index (χ0v) is 17.3. The summed E-state index contributed by atoms with van der Waals surface area (Å²) in [5.74, 6) is -1.07. The molecule has 0 atom stereocenters. The second kappa shape index (κ2) is 8.42. The maximum Gasteiger partial charge on any atom is 0.251 e. The van der Waals surface area contributed by atoms with Crippen molar-refractivity contribution < 1.29 is 14.0 Å². The molecule has 0 fully saturated rings. The molecule has 3 N–H and O–H groups in total. The molecule has 4 rings (SSSR count). The first-order valence-corrected chi connectivity index (χ1v) is 11.2.